The number of hydrogen-bond acceptors (Lipinski definition) is 4. The van der Waals surface area contributed by atoms with Crippen LogP contribution < -0.4 is 10.2 Å². The van der Waals surface area contributed by atoms with Crippen LogP contribution in [0.4, 0.5) is 0 Å². The van der Waals surface area contributed by atoms with Gasteiger partial charge in [0.15, 0.2) is 11.2 Å². The Morgan fingerprint density at radius 2 is 1.79 bits per heavy atom. The highest BCUT2D eigenvalue weighted by molar-refractivity contribution is 6.33. The normalized spacial score (nSPS) is 11.1. The van der Waals surface area contributed by atoms with Gasteiger partial charge in [0.2, 0.25) is 0 Å². The molecule has 6 nitrogen and oxygen atoms in total. The number of phenols is 1. The molecule has 0 aliphatic carbocycles. The monoisotopic (exact) mass is 409 g/mol. The van der Waals surface area contributed by atoms with Crippen molar-refractivity contribution in [1.82, 2.24) is 4.57 Å². The number of halogens is 1. The zero-order valence-corrected chi connectivity index (χ0v) is 16.1. The molecule has 4 rings (SSSR count). The molecule has 0 spiro atoms. The van der Waals surface area contributed by atoms with Gasteiger partial charge in [0.1, 0.15) is 12.3 Å². The molecule has 1 heterocycles. The number of aromatic hydroxyl groups is 1. The smallest absolute Gasteiger partial charge is 0.323 e. The summed E-state index contributed by atoms with van der Waals surface area (Å²) in [6, 6.07) is 15.0. The predicted molar refractivity (Wildman–Crippen MR) is 112 cm³/mol. The number of phenolic OH excluding ortho intramolecular Hbond substituents is 1. The third-order valence-corrected chi connectivity index (χ3v) is 5.11. The maximum absolute atomic E-state index is 13.1. The molecule has 146 valence electrons. The topological polar surface area (TPSA) is 88.8 Å². The summed E-state index contributed by atoms with van der Waals surface area (Å²) < 4.78 is 6.92. The van der Waals surface area contributed by atoms with Gasteiger partial charge in [-0.15, -0.1) is 0 Å². The number of carboxylic acid groups (broad SMARTS) is 1. The molecule has 0 radical (unpaired) electrons. The average Bonchev–Trinajstić information content (AvgIpc) is 2.70. The van der Waals surface area contributed by atoms with Gasteiger partial charge in [-0.25, -0.2) is 0 Å². The second-order valence-corrected chi connectivity index (χ2v) is 6.98. The molecule has 0 saturated carbocycles. The summed E-state index contributed by atoms with van der Waals surface area (Å²) in [5.74, 6) is -0.717. The maximum Gasteiger partial charge on any atom is 0.323 e. The molecule has 3 aromatic carbocycles. The van der Waals surface area contributed by atoms with Crippen molar-refractivity contribution in [3.05, 3.63) is 69.8 Å². The van der Waals surface area contributed by atoms with Gasteiger partial charge in [0, 0.05) is 5.39 Å². The van der Waals surface area contributed by atoms with Gasteiger partial charge < -0.3 is 19.5 Å². The van der Waals surface area contributed by atoms with Crippen LogP contribution in [0.25, 0.3) is 32.9 Å². The first-order valence-corrected chi connectivity index (χ1v) is 9.12. The number of methoxy groups -OCH3 is 1. The van der Waals surface area contributed by atoms with Crippen molar-refractivity contribution in [2.24, 2.45) is 0 Å². The summed E-state index contributed by atoms with van der Waals surface area (Å²) in [5, 5.41) is 20.3. The van der Waals surface area contributed by atoms with E-state index in [2.05, 4.69) is 0 Å². The summed E-state index contributed by atoms with van der Waals surface area (Å²) >= 11 is 6.24. The van der Waals surface area contributed by atoms with Gasteiger partial charge in [-0.05, 0) is 47.5 Å². The molecule has 1 aromatic heterocycles. The van der Waals surface area contributed by atoms with Crippen LogP contribution in [-0.4, -0.2) is 27.9 Å². The SMILES string of the molecule is COc1c(Cl)ccc2c(=O)c3ccc(-c4cccc(O)c4)cc3n(CC(=O)O)c12. The van der Waals surface area contributed by atoms with E-state index >= 15 is 0 Å². The number of rotatable bonds is 4. The number of ether oxygens (including phenoxy) is 1. The highest BCUT2D eigenvalue weighted by Gasteiger charge is 2.19. The van der Waals surface area contributed by atoms with Crippen LogP contribution in [0.2, 0.25) is 5.02 Å². The van der Waals surface area contributed by atoms with E-state index in [1.54, 1.807) is 48.5 Å². The third-order valence-electron chi connectivity index (χ3n) is 4.81. The lowest BCUT2D eigenvalue weighted by Crippen LogP contribution is -2.16. The van der Waals surface area contributed by atoms with Gasteiger partial charge in [-0.3, -0.25) is 9.59 Å². The summed E-state index contributed by atoms with van der Waals surface area (Å²) in [4.78, 5) is 24.7. The van der Waals surface area contributed by atoms with Crippen LogP contribution in [0.3, 0.4) is 0 Å². The molecule has 2 N–H and O–H groups in total. The van der Waals surface area contributed by atoms with Crippen molar-refractivity contribution in [2.75, 3.05) is 7.11 Å². The molecule has 0 saturated heterocycles. The molecule has 0 fully saturated rings. The fourth-order valence-corrected chi connectivity index (χ4v) is 3.80. The van der Waals surface area contributed by atoms with Crippen LogP contribution in [0.1, 0.15) is 0 Å². The molecule has 0 unspecified atom stereocenters. The van der Waals surface area contributed by atoms with E-state index in [-0.39, 0.29) is 28.5 Å². The van der Waals surface area contributed by atoms with Crippen LogP contribution >= 0.6 is 11.6 Å². The van der Waals surface area contributed by atoms with E-state index in [1.807, 2.05) is 6.07 Å². The first kappa shape index (κ1) is 18.8. The van der Waals surface area contributed by atoms with E-state index < -0.39 is 5.97 Å². The minimum absolute atomic E-state index is 0.109. The molecule has 29 heavy (non-hydrogen) atoms. The number of benzene rings is 3. The van der Waals surface area contributed by atoms with Gasteiger partial charge in [-0.2, -0.15) is 0 Å². The number of fused-ring (bicyclic) bond motifs is 2. The number of nitrogens with zero attached hydrogens (tertiary/aromatic N) is 1. The maximum atomic E-state index is 13.1. The summed E-state index contributed by atoms with van der Waals surface area (Å²) in [6.45, 7) is -0.381. The lowest BCUT2D eigenvalue weighted by molar-refractivity contribution is -0.137. The number of pyridine rings is 1. The summed E-state index contributed by atoms with van der Waals surface area (Å²) in [6.07, 6.45) is 0. The fourth-order valence-electron chi connectivity index (χ4n) is 3.57. The highest BCUT2D eigenvalue weighted by Crippen LogP contribution is 2.35. The quantitative estimate of drug-likeness (QED) is 0.491. The zero-order valence-electron chi connectivity index (χ0n) is 15.3. The van der Waals surface area contributed by atoms with Gasteiger partial charge in [-0.1, -0.05) is 29.8 Å². The van der Waals surface area contributed by atoms with Crippen molar-refractivity contribution < 1.29 is 19.7 Å². The molecule has 0 aliphatic heterocycles. The molecule has 7 heteroatoms. The van der Waals surface area contributed by atoms with E-state index in [0.717, 1.165) is 11.1 Å². The Balaban J connectivity index is 2.16. The largest absolute Gasteiger partial charge is 0.508 e. The first-order chi connectivity index (χ1) is 13.9. The lowest BCUT2D eigenvalue weighted by Gasteiger charge is -2.17. The average molecular weight is 410 g/mol. The second kappa shape index (κ2) is 7.14. The number of aliphatic carboxylic acids is 1. The number of hydrogen-bond donors (Lipinski definition) is 2. The third kappa shape index (κ3) is 3.17. The Morgan fingerprint density at radius 1 is 1.07 bits per heavy atom. The van der Waals surface area contributed by atoms with Crippen LogP contribution in [-0.2, 0) is 11.3 Å². The Morgan fingerprint density at radius 3 is 2.48 bits per heavy atom. The summed E-state index contributed by atoms with van der Waals surface area (Å²) in [7, 11) is 1.42. The van der Waals surface area contributed by atoms with E-state index in [1.165, 1.54) is 11.7 Å². The zero-order chi connectivity index (χ0) is 20.7. The van der Waals surface area contributed by atoms with Crippen molar-refractivity contribution in [1.29, 1.82) is 0 Å². The van der Waals surface area contributed by atoms with Crippen molar-refractivity contribution >= 4 is 39.4 Å². The molecule has 0 bridgehead atoms. The number of carboxylic acids is 1. The molecular weight excluding hydrogens is 394 g/mol. The molecular formula is C22H16ClNO5. The van der Waals surface area contributed by atoms with Crippen molar-refractivity contribution in [3.63, 3.8) is 0 Å². The first-order valence-electron chi connectivity index (χ1n) is 8.74. The Kier molecular flexibility index (Phi) is 4.64. The van der Waals surface area contributed by atoms with Crippen LogP contribution in [0, 0.1) is 0 Å². The molecule has 4 aromatic rings. The Bertz CT molecular complexity index is 1340. The van der Waals surface area contributed by atoms with Crippen molar-refractivity contribution in [2.45, 2.75) is 6.54 Å². The van der Waals surface area contributed by atoms with E-state index in [9.17, 15) is 19.8 Å². The number of aromatic nitrogens is 1. The lowest BCUT2D eigenvalue weighted by atomic mass is 10.0. The predicted octanol–water partition coefficient (Wildman–Crippen LogP) is 4.27. The Labute approximate surface area is 170 Å². The number of carbonyl (C=O) groups is 1. The molecule has 0 atom stereocenters. The van der Waals surface area contributed by atoms with Crippen molar-refractivity contribution in [3.8, 4) is 22.6 Å². The van der Waals surface area contributed by atoms with Crippen LogP contribution in [0.5, 0.6) is 11.5 Å². The minimum atomic E-state index is -1.07. The Hall–Kier alpha value is -3.51. The fraction of sp³-hybridized carbons (Fsp3) is 0.0909. The van der Waals surface area contributed by atoms with Gasteiger partial charge in [0.05, 0.1) is 28.6 Å². The van der Waals surface area contributed by atoms with E-state index in [0.29, 0.717) is 21.8 Å². The molecule has 0 aliphatic rings. The van der Waals surface area contributed by atoms with Gasteiger partial charge >= 0.3 is 5.97 Å². The van der Waals surface area contributed by atoms with E-state index in [4.69, 9.17) is 16.3 Å². The van der Waals surface area contributed by atoms with Crippen LogP contribution in [0.15, 0.2) is 59.4 Å². The molecule has 0 amide bonds. The summed E-state index contributed by atoms with van der Waals surface area (Å²) in [5.41, 5.74) is 1.99. The standard InChI is InChI=1S/C22H16ClNO5/c1-29-22-17(23)8-7-16-20(22)24(11-19(26)27)18-10-13(5-6-15(18)21(16)28)12-3-2-4-14(25)9-12/h2-10,25H,11H2,1H3,(H,26,27). The van der Waals surface area contributed by atoms with Gasteiger partial charge in [0.25, 0.3) is 0 Å². The second-order valence-electron chi connectivity index (χ2n) is 6.57. The highest BCUT2D eigenvalue weighted by atomic mass is 35.5. The minimum Gasteiger partial charge on any atom is -0.508 e.